The third-order valence-electron chi connectivity index (χ3n) is 4.57. The Morgan fingerprint density at radius 1 is 0.875 bits per heavy atom. The lowest BCUT2D eigenvalue weighted by Gasteiger charge is -2.10. The van der Waals surface area contributed by atoms with Crippen molar-refractivity contribution in [2.45, 2.75) is 6.61 Å². The van der Waals surface area contributed by atoms with Gasteiger partial charge in [0.15, 0.2) is 29.0 Å². The molecule has 0 saturated heterocycles. The van der Waals surface area contributed by atoms with Crippen LogP contribution < -0.4 is 9.47 Å². The van der Waals surface area contributed by atoms with Gasteiger partial charge in [-0.3, -0.25) is 4.79 Å². The van der Waals surface area contributed by atoms with Gasteiger partial charge in [0.25, 0.3) is 0 Å². The summed E-state index contributed by atoms with van der Waals surface area (Å²) < 4.78 is 78.1. The second-order valence-electron chi connectivity index (χ2n) is 6.60. The molecule has 0 atom stereocenters. The van der Waals surface area contributed by atoms with E-state index >= 15 is 0 Å². The van der Waals surface area contributed by atoms with E-state index in [4.69, 9.17) is 32.7 Å². The van der Waals surface area contributed by atoms with Gasteiger partial charge in [0, 0.05) is 16.1 Å². The Bertz CT molecular complexity index is 1280. The van der Waals surface area contributed by atoms with E-state index in [0.717, 1.165) is 0 Å². The fourth-order valence-corrected chi connectivity index (χ4v) is 3.41. The summed E-state index contributed by atoms with van der Waals surface area (Å²) in [5.74, 6) is -10.8. The zero-order valence-electron chi connectivity index (χ0n) is 15.6. The lowest BCUT2D eigenvalue weighted by atomic mass is 10.1. The first-order valence-corrected chi connectivity index (χ1v) is 9.59. The fourth-order valence-electron chi connectivity index (χ4n) is 2.95. The molecule has 1 aliphatic rings. The molecule has 10 heteroatoms. The maximum absolute atomic E-state index is 13.8. The Balaban J connectivity index is 1.57. The van der Waals surface area contributed by atoms with Gasteiger partial charge in [-0.25, -0.2) is 22.0 Å². The first kappa shape index (κ1) is 22.1. The van der Waals surface area contributed by atoms with Gasteiger partial charge in [-0.15, -0.1) is 0 Å². The van der Waals surface area contributed by atoms with E-state index in [9.17, 15) is 26.7 Å². The van der Waals surface area contributed by atoms with E-state index < -0.39 is 47.0 Å². The molecule has 0 N–H and O–H groups in total. The van der Waals surface area contributed by atoms with E-state index in [1.54, 1.807) is 12.1 Å². The van der Waals surface area contributed by atoms with E-state index in [-0.39, 0.29) is 22.8 Å². The molecule has 3 nitrogen and oxygen atoms in total. The van der Waals surface area contributed by atoms with E-state index in [1.807, 2.05) is 0 Å². The molecular weight excluding hydrogens is 478 g/mol. The minimum Gasteiger partial charge on any atom is -0.489 e. The second-order valence-corrected chi connectivity index (χ2v) is 7.44. The highest BCUT2D eigenvalue weighted by Crippen LogP contribution is 2.36. The highest BCUT2D eigenvalue weighted by atomic mass is 35.5. The summed E-state index contributed by atoms with van der Waals surface area (Å²) in [5, 5.41) is 0.707. The SMILES string of the molecule is O=C1/C(=C/c2ccc(Cl)cc2Cl)Oc2cc(OCc3c(F)c(F)c(F)c(F)c3F)ccc21. The molecule has 0 fully saturated rings. The van der Waals surface area contributed by atoms with Gasteiger partial charge in [0.1, 0.15) is 18.1 Å². The van der Waals surface area contributed by atoms with Gasteiger partial charge in [0.05, 0.1) is 11.1 Å². The number of fused-ring (bicyclic) bond motifs is 1. The molecule has 0 aromatic heterocycles. The summed E-state index contributed by atoms with van der Waals surface area (Å²) in [6.07, 6.45) is 1.41. The van der Waals surface area contributed by atoms with Gasteiger partial charge >= 0.3 is 0 Å². The van der Waals surface area contributed by atoms with Crippen molar-refractivity contribution >= 4 is 35.1 Å². The molecule has 1 heterocycles. The summed E-state index contributed by atoms with van der Waals surface area (Å²) in [6.45, 7) is -0.943. The summed E-state index contributed by atoms with van der Waals surface area (Å²) in [5.41, 5.74) is -0.461. The summed E-state index contributed by atoms with van der Waals surface area (Å²) >= 11 is 11.9. The summed E-state index contributed by atoms with van der Waals surface area (Å²) in [7, 11) is 0. The van der Waals surface area contributed by atoms with Gasteiger partial charge in [-0.1, -0.05) is 29.3 Å². The quantitative estimate of drug-likeness (QED) is 0.174. The topological polar surface area (TPSA) is 35.5 Å². The Morgan fingerprint density at radius 3 is 2.19 bits per heavy atom. The summed E-state index contributed by atoms with van der Waals surface area (Å²) in [6, 6.07) is 8.56. The van der Waals surface area contributed by atoms with Crippen molar-refractivity contribution < 1.29 is 36.2 Å². The molecule has 164 valence electrons. The molecule has 0 spiro atoms. The van der Waals surface area contributed by atoms with Crippen LogP contribution in [0, 0.1) is 29.1 Å². The number of carbonyl (C=O) groups is 1. The molecule has 0 radical (unpaired) electrons. The number of benzene rings is 3. The number of carbonyl (C=O) groups excluding carboxylic acids is 1. The van der Waals surface area contributed by atoms with E-state index in [2.05, 4.69) is 0 Å². The molecule has 0 unspecified atom stereocenters. The Hall–Kier alpha value is -3.10. The maximum atomic E-state index is 13.8. The van der Waals surface area contributed by atoms with Crippen molar-refractivity contribution in [3.63, 3.8) is 0 Å². The van der Waals surface area contributed by atoms with Gasteiger partial charge < -0.3 is 9.47 Å². The first-order chi connectivity index (χ1) is 15.2. The first-order valence-electron chi connectivity index (χ1n) is 8.84. The number of ketones is 1. The van der Waals surface area contributed by atoms with Crippen LogP contribution in [0.4, 0.5) is 22.0 Å². The molecular formula is C22H9Cl2F5O3. The predicted molar refractivity (Wildman–Crippen MR) is 106 cm³/mol. The van der Waals surface area contributed by atoms with Crippen LogP contribution in [0.15, 0.2) is 42.2 Å². The number of hydrogen-bond acceptors (Lipinski definition) is 3. The Kier molecular flexibility index (Phi) is 5.83. The average Bonchev–Trinajstić information content (AvgIpc) is 3.07. The molecule has 0 amide bonds. The number of allylic oxidation sites excluding steroid dienone is 1. The third-order valence-corrected chi connectivity index (χ3v) is 5.14. The monoisotopic (exact) mass is 486 g/mol. The standard InChI is InChI=1S/C22H9Cl2F5O3/c23-10-2-1-9(14(24)6-10)5-16-22(30)12-4-3-11(7-15(12)32-16)31-8-13-17(25)19(27)21(29)20(28)18(13)26/h1-7H,8H2/b16-5-. The van der Waals surface area contributed by atoms with Crippen LogP contribution in [0.1, 0.15) is 21.5 Å². The van der Waals surface area contributed by atoms with Crippen molar-refractivity contribution in [2.24, 2.45) is 0 Å². The van der Waals surface area contributed by atoms with Crippen LogP contribution in [0.25, 0.3) is 6.08 Å². The van der Waals surface area contributed by atoms with Gasteiger partial charge in [0.2, 0.25) is 11.6 Å². The second kappa shape index (κ2) is 8.44. The van der Waals surface area contributed by atoms with Crippen molar-refractivity contribution in [1.29, 1.82) is 0 Å². The molecule has 0 saturated carbocycles. The van der Waals surface area contributed by atoms with Crippen LogP contribution >= 0.6 is 23.2 Å². The lowest BCUT2D eigenvalue weighted by molar-refractivity contribution is 0.101. The molecule has 1 aliphatic heterocycles. The largest absolute Gasteiger partial charge is 0.489 e. The third kappa shape index (κ3) is 3.91. The van der Waals surface area contributed by atoms with Crippen molar-refractivity contribution in [3.8, 4) is 11.5 Å². The number of hydrogen-bond donors (Lipinski definition) is 0. The Labute approximate surface area is 187 Å². The average molecular weight is 487 g/mol. The predicted octanol–water partition coefficient (Wildman–Crippen LogP) is 6.88. The number of ether oxygens (including phenoxy) is 2. The van der Waals surface area contributed by atoms with E-state index in [0.29, 0.717) is 15.6 Å². The van der Waals surface area contributed by atoms with Crippen LogP contribution in [0.5, 0.6) is 11.5 Å². The smallest absolute Gasteiger partial charge is 0.231 e. The normalized spacial score (nSPS) is 14.0. The lowest BCUT2D eigenvalue weighted by Crippen LogP contribution is -2.09. The molecule has 4 rings (SSSR count). The molecule has 32 heavy (non-hydrogen) atoms. The van der Waals surface area contributed by atoms with Crippen LogP contribution in [0.3, 0.4) is 0 Å². The zero-order chi connectivity index (χ0) is 23.2. The van der Waals surface area contributed by atoms with Crippen molar-refractivity contribution in [2.75, 3.05) is 0 Å². The van der Waals surface area contributed by atoms with Crippen LogP contribution in [-0.4, -0.2) is 5.78 Å². The zero-order valence-corrected chi connectivity index (χ0v) is 17.1. The number of rotatable bonds is 4. The minimum atomic E-state index is -2.26. The minimum absolute atomic E-state index is 0.0220. The number of Topliss-reactive ketones (excluding diaryl/α,β-unsaturated/α-hetero) is 1. The molecule has 0 aliphatic carbocycles. The molecule has 3 aromatic rings. The van der Waals surface area contributed by atoms with Crippen LogP contribution in [0.2, 0.25) is 10.0 Å². The Morgan fingerprint density at radius 2 is 1.53 bits per heavy atom. The maximum Gasteiger partial charge on any atom is 0.231 e. The van der Waals surface area contributed by atoms with E-state index in [1.165, 1.54) is 30.3 Å². The van der Waals surface area contributed by atoms with Crippen LogP contribution in [-0.2, 0) is 6.61 Å². The van der Waals surface area contributed by atoms with Gasteiger partial charge in [-0.05, 0) is 35.9 Å². The summed E-state index contributed by atoms with van der Waals surface area (Å²) in [4.78, 5) is 12.5. The fraction of sp³-hybridized carbons (Fsp3) is 0.0455. The van der Waals surface area contributed by atoms with Crippen molar-refractivity contribution in [3.05, 3.63) is 98.0 Å². The molecule has 3 aromatic carbocycles. The highest BCUT2D eigenvalue weighted by Gasteiger charge is 2.29. The number of halogens is 7. The molecule has 0 bridgehead atoms. The highest BCUT2D eigenvalue weighted by molar-refractivity contribution is 6.35. The van der Waals surface area contributed by atoms with Crippen molar-refractivity contribution in [1.82, 2.24) is 0 Å². The van der Waals surface area contributed by atoms with Gasteiger partial charge in [-0.2, -0.15) is 0 Å².